The fourth-order valence-electron chi connectivity index (χ4n) is 2.97. The van der Waals surface area contributed by atoms with Gasteiger partial charge in [-0.1, -0.05) is 5.92 Å². The van der Waals surface area contributed by atoms with Crippen LogP contribution in [-0.2, 0) is 9.53 Å². The molecular formula is C20H25N5O3. The number of amides is 1. The molecule has 1 aliphatic heterocycles. The standard InChI is InChI=1S/C20H25N5O3/c1-5-15-7-8-16(10-21)25(15)18(26)12-24-20(2,3)13-23-17-9-6-14(11-22-17)19(27)28-4/h1,6,9,11,15-16,24H,7-8,12-13H2,2-4H3,(H,22,23)/t15-,16-/m0/s1. The largest absolute Gasteiger partial charge is 0.465 e. The van der Waals surface area contributed by atoms with Gasteiger partial charge in [0.25, 0.3) is 0 Å². The Bertz CT molecular complexity index is 770. The zero-order chi connectivity index (χ0) is 20.7. The molecular weight excluding hydrogens is 358 g/mol. The van der Waals surface area contributed by atoms with Crippen molar-refractivity contribution in [2.45, 2.75) is 44.3 Å². The van der Waals surface area contributed by atoms with Crippen molar-refractivity contribution in [1.82, 2.24) is 15.2 Å². The lowest BCUT2D eigenvalue weighted by molar-refractivity contribution is -0.131. The van der Waals surface area contributed by atoms with Gasteiger partial charge in [-0.05, 0) is 38.8 Å². The maximum Gasteiger partial charge on any atom is 0.339 e. The van der Waals surface area contributed by atoms with Gasteiger partial charge in [-0.15, -0.1) is 6.42 Å². The van der Waals surface area contributed by atoms with Gasteiger partial charge in [0.2, 0.25) is 5.91 Å². The van der Waals surface area contributed by atoms with Gasteiger partial charge in [-0.3, -0.25) is 4.79 Å². The van der Waals surface area contributed by atoms with E-state index in [0.29, 0.717) is 30.8 Å². The van der Waals surface area contributed by atoms with Crippen LogP contribution in [0.3, 0.4) is 0 Å². The molecule has 148 valence electrons. The number of ether oxygens (including phenoxy) is 1. The SMILES string of the molecule is C#C[C@H]1CC[C@@H](C#N)N1C(=O)CNC(C)(C)CNc1ccc(C(=O)OC)cn1. The Labute approximate surface area is 165 Å². The maximum atomic E-state index is 12.6. The number of nitriles is 1. The van der Waals surface area contributed by atoms with Crippen LogP contribution in [0.25, 0.3) is 0 Å². The van der Waals surface area contributed by atoms with E-state index in [2.05, 4.69) is 32.3 Å². The van der Waals surface area contributed by atoms with E-state index in [0.717, 1.165) is 0 Å². The van der Waals surface area contributed by atoms with E-state index >= 15 is 0 Å². The fourth-order valence-corrected chi connectivity index (χ4v) is 2.97. The Kier molecular flexibility index (Phi) is 6.97. The van der Waals surface area contributed by atoms with Gasteiger partial charge < -0.3 is 20.3 Å². The molecule has 2 atom stereocenters. The Balaban J connectivity index is 1.88. The molecule has 2 rings (SSSR count). The van der Waals surface area contributed by atoms with Gasteiger partial charge in [0.1, 0.15) is 11.9 Å². The minimum absolute atomic E-state index is 0.0831. The Morgan fingerprint density at radius 1 is 1.39 bits per heavy atom. The number of esters is 1. The topological polar surface area (TPSA) is 107 Å². The van der Waals surface area contributed by atoms with Crippen LogP contribution in [-0.4, -0.2) is 59.6 Å². The second kappa shape index (κ2) is 9.20. The zero-order valence-electron chi connectivity index (χ0n) is 16.4. The number of nitrogens with one attached hydrogen (secondary N) is 2. The first kappa shape index (κ1) is 21.2. The summed E-state index contributed by atoms with van der Waals surface area (Å²) in [6.07, 6.45) is 8.19. The van der Waals surface area contributed by atoms with E-state index in [9.17, 15) is 14.9 Å². The van der Waals surface area contributed by atoms with Gasteiger partial charge in [-0.2, -0.15) is 5.26 Å². The molecule has 28 heavy (non-hydrogen) atoms. The number of nitrogens with zero attached hydrogens (tertiary/aromatic N) is 3. The number of pyridine rings is 1. The van der Waals surface area contributed by atoms with Crippen LogP contribution in [0.15, 0.2) is 18.3 Å². The number of carbonyl (C=O) groups excluding carboxylic acids is 2. The molecule has 0 saturated carbocycles. The molecule has 0 unspecified atom stereocenters. The molecule has 0 radical (unpaired) electrons. The zero-order valence-corrected chi connectivity index (χ0v) is 16.4. The van der Waals surface area contributed by atoms with E-state index in [-0.39, 0.29) is 18.5 Å². The molecule has 1 aromatic rings. The second-order valence-electron chi connectivity index (χ2n) is 7.22. The number of hydrogen-bond acceptors (Lipinski definition) is 7. The molecule has 0 spiro atoms. The molecule has 8 nitrogen and oxygen atoms in total. The summed E-state index contributed by atoms with van der Waals surface area (Å²) in [4.78, 5) is 29.7. The van der Waals surface area contributed by atoms with E-state index < -0.39 is 17.6 Å². The highest BCUT2D eigenvalue weighted by molar-refractivity contribution is 5.89. The van der Waals surface area contributed by atoms with Crippen LogP contribution in [0.5, 0.6) is 0 Å². The predicted molar refractivity (Wildman–Crippen MR) is 104 cm³/mol. The summed E-state index contributed by atoms with van der Waals surface area (Å²) in [6.45, 7) is 4.46. The molecule has 1 fully saturated rings. The number of terminal acetylenes is 1. The molecule has 1 saturated heterocycles. The predicted octanol–water partition coefficient (Wildman–Crippen LogP) is 1.16. The monoisotopic (exact) mass is 383 g/mol. The van der Waals surface area contributed by atoms with Crippen molar-refractivity contribution < 1.29 is 14.3 Å². The smallest absolute Gasteiger partial charge is 0.339 e. The molecule has 2 heterocycles. The van der Waals surface area contributed by atoms with E-state index in [1.54, 1.807) is 12.1 Å². The van der Waals surface area contributed by atoms with Crippen molar-refractivity contribution in [3.8, 4) is 18.4 Å². The maximum absolute atomic E-state index is 12.6. The highest BCUT2D eigenvalue weighted by Gasteiger charge is 2.36. The van der Waals surface area contributed by atoms with E-state index in [1.807, 2.05) is 13.8 Å². The Morgan fingerprint density at radius 3 is 2.68 bits per heavy atom. The first-order chi connectivity index (χ1) is 13.3. The minimum atomic E-state index is -0.464. The molecule has 0 aliphatic carbocycles. The van der Waals surface area contributed by atoms with Crippen molar-refractivity contribution in [3.05, 3.63) is 23.9 Å². The van der Waals surface area contributed by atoms with Crippen LogP contribution >= 0.6 is 0 Å². The lowest BCUT2D eigenvalue weighted by Gasteiger charge is -2.29. The minimum Gasteiger partial charge on any atom is -0.465 e. The fraction of sp³-hybridized carbons (Fsp3) is 0.500. The average molecular weight is 383 g/mol. The third-order valence-corrected chi connectivity index (χ3v) is 4.63. The van der Waals surface area contributed by atoms with Crippen molar-refractivity contribution in [2.75, 3.05) is 25.5 Å². The third-order valence-electron chi connectivity index (χ3n) is 4.63. The number of hydrogen-bond donors (Lipinski definition) is 2. The quantitative estimate of drug-likeness (QED) is 0.537. The molecule has 1 amide bonds. The number of rotatable bonds is 7. The molecule has 8 heteroatoms. The summed E-state index contributed by atoms with van der Waals surface area (Å²) in [5.74, 6) is 2.57. The number of carbonyl (C=O) groups is 2. The summed E-state index contributed by atoms with van der Waals surface area (Å²) in [7, 11) is 1.32. The lowest BCUT2D eigenvalue weighted by Crippen LogP contribution is -2.52. The van der Waals surface area contributed by atoms with Crippen LogP contribution in [0, 0.1) is 23.7 Å². The highest BCUT2D eigenvalue weighted by atomic mass is 16.5. The van der Waals surface area contributed by atoms with Gasteiger partial charge in [0.05, 0.1) is 31.3 Å². The van der Waals surface area contributed by atoms with Gasteiger partial charge in [0, 0.05) is 18.3 Å². The van der Waals surface area contributed by atoms with Crippen molar-refractivity contribution in [1.29, 1.82) is 5.26 Å². The number of aromatic nitrogens is 1. The van der Waals surface area contributed by atoms with Crippen LogP contribution < -0.4 is 10.6 Å². The highest BCUT2D eigenvalue weighted by Crippen LogP contribution is 2.23. The third kappa shape index (κ3) is 5.21. The average Bonchev–Trinajstić information content (AvgIpc) is 3.13. The van der Waals surface area contributed by atoms with Crippen LogP contribution in [0.4, 0.5) is 5.82 Å². The normalized spacial score (nSPS) is 18.8. The molecule has 1 aliphatic rings. The summed E-state index contributed by atoms with van der Waals surface area (Å²) in [5.41, 5.74) is -0.0527. The van der Waals surface area contributed by atoms with Crippen molar-refractivity contribution in [3.63, 3.8) is 0 Å². The summed E-state index contributed by atoms with van der Waals surface area (Å²) >= 11 is 0. The Morgan fingerprint density at radius 2 is 2.11 bits per heavy atom. The van der Waals surface area contributed by atoms with Crippen LogP contribution in [0.1, 0.15) is 37.0 Å². The summed E-state index contributed by atoms with van der Waals surface area (Å²) < 4.78 is 4.64. The number of anilines is 1. The number of methoxy groups -OCH3 is 1. The molecule has 2 N–H and O–H groups in total. The van der Waals surface area contributed by atoms with Crippen molar-refractivity contribution >= 4 is 17.7 Å². The van der Waals surface area contributed by atoms with Crippen LogP contribution in [0.2, 0.25) is 0 Å². The van der Waals surface area contributed by atoms with E-state index in [1.165, 1.54) is 18.2 Å². The molecule has 0 aromatic carbocycles. The summed E-state index contributed by atoms with van der Waals surface area (Å²) in [6, 6.07) is 4.68. The second-order valence-corrected chi connectivity index (χ2v) is 7.22. The van der Waals surface area contributed by atoms with Gasteiger partial charge >= 0.3 is 5.97 Å². The lowest BCUT2D eigenvalue weighted by atomic mass is 10.1. The van der Waals surface area contributed by atoms with E-state index in [4.69, 9.17) is 6.42 Å². The molecule has 0 bridgehead atoms. The summed E-state index contributed by atoms with van der Waals surface area (Å²) in [5, 5.41) is 15.6. The first-order valence-corrected chi connectivity index (χ1v) is 9.01. The van der Waals surface area contributed by atoms with Gasteiger partial charge in [-0.25, -0.2) is 9.78 Å². The number of likely N-dealkylation sites (tertiary alicyclic amines) is 1. The Hall–Kier alpha value is -3.10. The molecule has 1 aromatic heterocycles. The first-order valence-electron chi connectivity index (χ1n) is 9.01. The van der Waals surface area contributed by atoms with Crippen molar-refractivity contribution in [2.24, 2.45) is 0 Å². The van der Waals surface area contributed by atoms with Gasteiger partial charge in [0.15, 0.2) is 0 Å².